The van der Waals surface area contributed by atoms with Crippen molar-refractivity contribution in [3.05, 3.63) is 130 Å². The molecule has 0 saturated carbocycles. The normalized spacial score (nSPS) is 17.0. The Hall–Kier alpha value is -4.30. The van der Waals surface area contributed by atoms with Gasteiger partial charge in [0.2, 0.25) is 6.41 Å². The van der Waals surface area contributed by atoms with Gasteiger partial charge in [0.1, 0.15) is 11.6 Å². The van der Waals surface area contributed by atoms with Gasteiger partial charge in [-0.1, -0.05) is 83.9 Å². The van der Waals surface area contributed by atoms with Crippen molar-refractivity contribution < 1.29 is 4.79 Å². The Bertz CT molecular complexity index is 1800. The van der Waals surface area contributed by atoms with E-state index in [1.165, 1.54) is 16.7 Å². The van der Waals surface area contributed by atoms with Gasteiger partial charge in [-0.05, 0) is 73.7 Å². The Labute approximate surface area is 288 Å². The minimum absolute atomic E-state index is 0.167. The minimum atomic E-state index is 0.167. The number of piperidine rings is 1. The molecule has 2 aliphatic heterocycles. The molecule has 4 aromatic carbocycles. The van der Waals surface area contributed by atoms with Gasteiger partial charge in [-0.25, -0.2) is 9.97 Å². The lowest BCUT2D eigenvalue weighted by Crippen LogP contribution is -2.47. The molecule has 2 fully saturated rings. The molecule has 1 unspecified atom stereocenters. The maximum absolute atomic E-state index is 12.2. The molecular formula is C40H43ClN6O. The molecule has 48 heavy (non-hydrogen) atoms. The number of fused-ring (bicyclic) bond motifs is 1. The highest BCUT2D eigenvalue weighted by Gasteiger charge is 2.29. The predicted octanol–water partition coefficient (Wildman–Crippen LogP) is 7.44. The summed E-state index contributed by atoms with van der Waals surface area (Å²) < 4.78 is 0. The van der Waals surface area contributed by atoms with E-state index in [4.69, 9.17) is 21.6 Å². The highest BCUT2D eigenvalue weighted by molar-refractivity contribution is 6.30. The number of aromatic nitrogens is 2. The number of carbonyl (C=O) groups is 1. The summed E-state index contributed by atoms with van der Waals surface area (Å²) in [6.07, 6.45) is 2.77. The van der Waals surface area contributed by atoms with Gasteiger partial charge in [-0.2, -0.15) is 0 Å². The van der Waals surface area contributed by atoms with Crippen LogP contribution >= 0.6 is 11.6 Å². The molecule has 2 aliphatic rings. The first-order chi connectivity index (χ1) is 23.5. The van der Waals surface area contributed by atoms with Crippen molar-refractivity contribution in [1.82, 2.24) is 19.8 Å². The van der Waals surface area contributed by atoms with Crippen LogP contribution in [0.25, 0.3) is 10.9 Å². The molecule has 0 radical (unpaired) electrons. The van der Waals surface area contributed by atoms with Gasteiger partial charge in [0.15, 0.2) is 0 Å². The van der Waals surface area contributed by atoms with Crippen LogP contribution in [0.5, 0.6) is 0 Å². The molecular weight excluding hydrogens is 616 g/mol. The second-order valence-electron chi connectivity index (χ2n) is 13.2. The predicted molar refractivity (Wildman–Crippen MR) is 196 cm³/mol. The molecule has 1 atom stereocenters. The molecule has 7 nitrogen and oxygen atoms in total. The summed E-state index contributed by atoms with van der Waals surface area (Å²) in [5.41, 5.74) is 6.93. The van der Waals surface area contributed by atoms with E-state index in [9.17, 15) is 4.79 Å². The number of hydrogen-bond donors (Lipinski definition) is 0. The quantitative estimate of drug-likeness (QED) is 0.154. The van der Waals surface area contributed by atoms with Crippen LogP contribution in [-0.2, 0) is 11.3 Å². The van der Waals surface area contributed by atoms with Crippen LogP contribution in [-0.4, -0.2) is 71.5 Å². The van der Waals surface area contributed by atoms with Crippen molar-refractivity contribution in [3.8, 4) is 0 Å². The van der Waals surface area contributed by atoms with Gasteiger partial charge in [0, 0.05) is 61.4 Å². The molecule has 0 aliphatic carbocycles. The standard InChI is InChI=1S/C40H43ClN6O/c1-29-11-13-31(14-12-29)39(32-15-17-33(41)18-16-32)45-25-23-44(24-26-45)27-38-42-36-9-5-4-8-35(36)40(43-38)46-21-19-34(20-22-46)47(28-48)37-10-6-3-7-30(37)2/h3-18,28,34,39H,19-27H2,1-2H3. The van der Waals surface area contributed by atoms with Crippen molar-refractivity contribution in [2.75, 3.05) is 49.1 Å². The highest BCUT2D eigenvalue weighted by Crippen LogP contribution is 2.33. The number of piperazine rings is 1. The summed E-state index contributed by atoms with van der Waals surface area (Å²) in [7, 11) is 0. The van der Waals surface area contributed by atoms with Crippen molar-refractivity contribution in [3.63, 3.8) is 0 Å². The second-order valence-corrected chi connectivity index (χ2v) is 13.6. The molecule has 246 valence electrons. The third-order valence-electron chi connectivity index (χ3n) is 10.0. The summed E-state index contributed by atoms with van der Waals surface area (Å²) >= 11 is 6.27. The van der Waals surface area contributed by atoms with Gasteiger partial charge in [-0.3, -0.25) is 14.6 Å². The molecule has 0 bridgehead atoms. The lowest BCUT2D eigenvalue weighted by Gasteiger charge is -2.40. The minimum Gasteiger partial charge on any atom is -0.356 e. The summed E-state index contributed by atoms with van der Waals surface area (Å²) in [4.78, 5) is 31.8. The largest absolute Gasteiger partial charge is 0.356 e. The number of anilines is 2. The number of rotatable bonds is 9. The van der Waals surface area contributed by atoms with Gasteiger partial charge < -0.3 is 9.80 Å². The monoisotopic (exact) mass is 658 g/mol. The SMILES string of the molecule is Cc1ccc(C(c2ccc(Cl)cc2)N2CCN(Cc3nc(N4CCC(N(C=O)c5ccccc5C)CC4)c4ccccc4n3)CC2)cc1. The molecule has 1 amide bonds. The first-order valence-corrected chi connectivity index (χ1v) is 17.4. The summed E-state index contributed by atoms with van der Waals surface area (Å²) in [6, 6.07) is 34.1. The van der Waals surface area contributed by atoms with Crippen LogP contribution < -0.4 is 9.80 Å². The number of hydrogen-bond acceptors (Lipinski definition) is 6. The highest BCUT2D eigenvalue weighted by atomic mass is 35.5. The van der Waals surface area contributed by atoms with Crippen LogP contribution in [0.1, 0.15) is 47.0 Å². The molecule has 1 aromatic heterocycles. The first kappa shape index (κ1) is 32.3. The molecule has 0 spiro atoms. The van der Waals surface area contributed by atoms with Crippen molar-refractivity contribution >= 4 is 40.4 Å². The van der Waals surface area contributed by atoms with E-state index in [0.717, 1.165) is 97.3 Å². The summed E-state index contributed by atoms with van der Waals surface area (Å²) in [5, 5.41) is 1.84. The van der Waals surface area contributed by atoms with E-state index in [1.54, 1.807) is 0 Å². The Balaban J connectivity index is 1.05. The molecule has 2 saturated heterocycles. The van der Waals surface area contributed by atoms with Crippen LogP contribution in [0, 0.1) is 13.8 Å². The van der Waals surface area contributed by atoms with E-state index < -0.39 is 0 Å². The molecule has 8 heteroatoms. The molecule has 0 N–H and O–H groups in total. The van der Waals surface area contributed by atoms with Crippen molar-refractivity contribution in [2.45, 2.75) is 45.3 Å². The summed E-state index contributed by atoms with van der Waals surface area (Å²) in [5.74, 6) is 1.87. The van der Waals surface area contributed by atoms with Crippen LogP contribution in [0.4, 0.5) is 11.5 Å². The number of nitrogens with zero attached hydrogens (tertiary/aromatic N) is 6. The Morgan fingerprint density at radius 2 is 1.44 bits per heavy atom. The van der Waals surface area contributed by atoms with Crippen LogP contribution in [0.15, 0.2) is 97.1 Å². The second kappa shape index (κ2) is 14.4. The van der Waals surface area contributed by atoms with E-state index in [1.807, 2.05) is 35.2 Å². The number of aryl methyl sites for hydroxylation is 2. The van der Waals surface area contributed by atoms with Gasteiger partial charge in [0.05, 0.1) is 18.1 Å². The lowest BCUT2D eigenvalue weighted by molar-refractivity contribution is -0.108. The lowest BCUT2D eigenvalue weighted by atomic mass is 9.95. The summed E-state index contributed by atoms with van der Waals surface area (Å²) in [6.45, 7) is 10.4. The van der Waals surface area contributed by atoms with Gasteiger partial charge in [-0.15, -0.1) is 0 Å². The first-order valence-electron chi connectivity index (χ1n) is 17.0. The Morgan fingerprint density at radius 1 is 0.792 bits per heavy atom. The van der Waals surface area contributed by atoms with E-state index in [0.29, 0.717) is 6.54 Å². The molecule has 7 rings (SSSR count). The number of halogens is 1. The fraction of sp³-hybridized carbons (Fsp3) is 0.325. The number of carbonyl (C=O) groups excluding carboxylic acids is 1. The zero-order valence-corrected chi connectivity index (χ0v) is 28.6. The molecule has 5 aromatic rings. The topological polar surface area (TPSA) is 55.8 Å². The van der Waals surface area contributed by atoms with Crippen LogP contribution in [0.3, 0.4) is 0 Å². The van der Waals surface area contributed by atoms with Crippen molar-refractivity contribution in [2.24, 2.45) is 0 Å². The smallest absolute Gasteiger partial charge is 0.214 e. The fourth-order valence-electron chi connectivity index (χ4n) is 7.35. The average Bonchev–Trinajstić information content (AvgIpc) is 3.12. The van der Waals surface area contributed by atoms with Crippen LogP contribution in [0.2, 0.25) is 5.02 Å². The van der Waals surface area contributed by atoms with E-state index in [2.05, 4.69) is 95.3 Å². The number of amides is 1. The third kappa shape index (κ3) is 6.95. The fourth-order valence-corrected chi connectivity index (χ4v) is 7.48. The zero-order chi connectivity index (χ0) is 33.0. The molecule has 3 heterocycles. The van der Waals surface area contributed by atoms with Crippen molar-refractivity contribution in [1.29, 1.82) is 0 Å². The zero-order valence-electron chi connectivity index (χ0n) is 27.8. The number of para-hydroxylation sites is 2. The maximum Gasteiger partial charge on any atom is 0.214 e. The van der Waals surface area contributed by atoms with Gasteiger partial charge in [0.25, 0.3) is 0 Å². The Morgan fingerprint density at radius 3 is 2.12 bits per heavy atom. The van der Waals surface area contributed by atoms with E-state index in [-0.39, 0.29) is 12.1 Å². The van der Waals surface area contributed by atoms with Gasteiger partial charge >= 0.3 is 0 Å². The Kier molecular flexibility index (Phi) is 9.71. The van der Waals surface area contributed by atoms with E-state index >= 15 is 0 Å². The average molecular weight is 659 g/mol. The maximum atomic E-state index is 12.2. The number of benzene rings is 4. The third-order valence-corrected chi connectivity index (χ3v) is 10.3.